The number of hydrogen-bond acceptors (Lipinski definition) is 4. The Kier molecular flexibility index (Phi) is 5.00. The number of benzene rings is 2. The zero-order valence-corrected chi connectivity index (χ0v) is 16.0. The fraction of sp³-hybridized carbons (Fsp3) is 0.190. The van der Waals surface area contributed by atoms with Crippen LogP contribution in [0.2, 0.25) is 0 Å². The van der Waals surface area contributed by atoms with Gasteiger partial charge in [-0.1, -0.05) is 53.7 Å². The number of thioether (sulfide) groups is 1. The largest absolute Gasteiger partial charge is 0.310 e. The molecule has 2 heterocycles. The molecule has 0 spiro atoms. The number of hydrogen-bond donors (Lipinski definition) is 2. The second-order valence-electron chi connectivity index (χ2n) is 6.76. The molecule has 0 fully saturated rings. The van der Waals surface area contributed by atoms with Crippen LogP contribution >= 0.6 is 11.8 Å². The number of anilines is 1. The standard InChI is InChI=1S/C21H18FN3O2S/c1-12-2-4-13(5-3-12)11-28-21-24-19-18(20(27)25-21)16(10-17(26)23-19)14-6-8-15(22)9-7-14/h2-9,16H,10-11H2,1H3,(H2,23,24,25,26,27). The van der Waals surface area contributed by atoms with Crippen LogP contribution in [0.1, 0.15) is 34.6 Å². The Morgan fingerprint density at radius 1 is 1.11 bits per heavy atom. The molecule has 142 valence electrons. The van der Waals surface area contributed by atoms with Gasteiger partial charge < -0.3 is 10.3 Å². The predicted octanol–water partition coefficient (Wildman–Crippen LogP) is 3.98. The molecule has 4 rings (SSSR count). The average Bonchev–Trinajstić information content (AvgIpc) is 2.67. The Hall–Kier alpha value is -2.93. The van der Waals surface area contributed by atoms with Gasteiger partial charge in [0.15, 0.2) is 5.16 Å². The lowest BCUT2D eigenvalue weighted by Gasteiger charge is -2.24. The minimum atomic E-state index is -0.447. The maximum Gasteiger partial charge on any atom is 0.257 e. The summed E-state index contributed by atoms with van der Waals surface area (Å²) in [6, 6.07) is 14.0. The van der Waals surface area contributed by atoms with Crippen molar-refractivity contribution in [1.29, 1.82) is 0 Å². The van der Waals surface area contributed by atoms with E-state index in [2.05, 4.69) is 15.3 Å². The molecule has 2 aromatic carbocycles. The first-order valence-electron chi connectivity index (χ1n) is 8.87. The SMILES string of the molecule is Cc1ccc(CSc2nc3c(c(=O)[nH]2)C(c2ccc(F)cc2)CC(=O)N3)cc1. The lowest BCUT2D eigenvalue weighted by atomic mass is 9.87. The highest BCUT2D eigenvalue weighted by atomic mass is 32.2. The van der Waals surface area contributed by atoms with Crippen molar-refractivity contribution in [2.75, 3.05) is 5.32 Å². The van der Waals surface area contributed by atoms with Gasteiger partial charge in [0.1, 0.15) is 11.6 Å². The number of fused-ring (bicyclic) bond motifs is 1. The molecular weight excluding hydrogens is 377 g/mol. The number of halogens is 1. The third-order valence-electron chi connectivity index (χ3n) is 4.70. The lowest BCUT2D eigenvalue weighted by Crippen LogP contribution is -2.31. The number of rotatable bonds is 4. The molecule has 0 bridgehead atoms. The third-order valence-corrected chi connectivity index (χ3v) is 5.64. The van der Waals surface area contributed by atoms with Crippen molar-refractivity contribution < 1.29 is 9.18 Å². The summed E-state index contributed by atoms with van der Waals surface area (Å²) >= 11 is 1.40. The van der Waals surface area contributed by atoms with E-state index in [1.165, 1.54) is 29.5 Å². The van der Waals surface area contributed by atoms with E-state index in [1.807, 2.05) is 31.2 Å². The first-order chi connectivity index (χ1) is 13.5. The van der Waals surface area contributed by atoms with Gasteiger partial charge in [-0.2, -0.15) is 0 Å². The second kappa shape index (κ2) is 7.59. The van der Waals surface area contributed by atoms with Crippen LogP contribution in [0, 0.1) is 12.7 Å². The monoisotopic (exact) mass is 395 g/mol. The number of carbonyl (C=O) groups is 1. The van der Waals surface area contributed by atoms with Crippen LogP contribution in [-0.4, -0.2) is 15.9 Å². The van der Waals surface area contributed by atoms with E-state index >= 15 is 0 Å². The molecule has 0 radical (unpaired) electrons. The molecule has 1 aromatic heterocycles. The normalized spacial score (nSPS) is 15.8. The molecule has 1 aliphatic heterocycles. The van der Waals surface area contributed by atoms with Crippen molar-refractivity contribution in [3.8, 4) is 0 Å². The van der Waals surface area contributed by atoms with Crippen LogP contribution in [0.4, 0.5) is 10.2 Å². The first-order valence-corrected chi connectivity index (χ1v) is 9.86. The van der Waals surface area contributed by atoms with E-state index in [9.17, 15) is 14.0 Å². The van der Waals surface area contributed by atoms with E-state index in [1.54, 1.807) is 12.1 Å². The van der Waals surface area contributed by atoms with Gasteiger partial charge in [-0.15, -0.1) is 0 Å². The quantitative estimate of drug-likeness (QED) is 0.518. The van der Waals surface area contributed by atoms with Gasteiger partial charge in [-0.25, -0.2) is 9.37 Å². The Morgan fingerprint density at radius 2 is 1.82 bits per heavy atom. The maximum atomic E-state index is 13.2. The van der Waals surface area contributed by atoms with Gasteiger partial charge in [0.05, 0.1) is 5.56 Å². The van der Waals surface area contributed by atoms with Gasteiger partial charge in [0.2, 0.25) is 5.91 Å². The Balaban J connectivity index is 1.63. The minimum Gasteiger partial charge on any atom is -0.310 e. The average molecular weight is 395 g/mol. The van der Waals surface area contributed by atoms with Crippen LogP contribution in [-0.2, 0) is 10.5 Å². The maximum absolute atomic E-state index is 13.2. The molecule has 0 aliphatic carbocycles. The third kappa shape index (κ3) is 3.84. The summed E-state index contributed by atoms with van der Waals surface area (Å²) in [5, 5.41) is 3.15. The van der Waals surface area contributed by atoms with Crippen LogP contribution in [0.5, 0.6) is 0 Å². The smallest absolute Gasteiger partial charge is 0.257 e. The van der Waals surface area contributed by atoms with Gasteiger partial charge in [-0.05, 0) is 30.2 Å². The summed E-state index contributed by atoms with van der Waals surface area (Å²) in [4.78, 5) is 32.2. The summed E-state index contributed by atoms with van der Waals surface area (Å²) in [5.41, 5.74) is 3.13. The minimum absolute atomic E-state index is 0.124. The highest BCUT2D eigenvalue weighted by Gasteiger charge is 2.30. The number of nitrogens with zero attached hydrogens (tertiary/aromatic N) is 1. The molecule has 1 aliphatic rings. The Morgan fingerprint density at radius 3 is 2.54 bits per heavy atom. The number of amides is 1. The van der Waals surface area contributed by atoms with Crippen molar-refractivity contribution in [3.63, 3.8) is 0 Å². The van der Waals surface area contributed by atoms with Crippen LogP contribution in [0.25, 0.3) is 0 Å². The van der Waals surface area contributed by atoms with Gasteiger partial charge >= 0.3 is 0 Å². The fourth-order valence-corrected chi connectivity index (χ4v) is 4.05. The highest BCUT2D eigenvalue weighted by Crippen LogP contribution is 2.34. The van der Waals surface area contributed by atoms with Crippen molar-refractivity contribution >= 4 is 23.5 Å². The van der Waals surface area contributed by atoms with Crippen molar-refractivity contribution in [2.24, 2.45) is 0 Å². The van der Waals surface area contributed by atoms with Crippen LogP contribution in [0.3, 0.4) is 0 Å². The Labute approximate surface area is 165 Å². The molecule has 3 aromatic rings. The summed E-state index contributed by atoms with van der Waals surface area (Å²) in [6.45, 7) is 2.03. The van der Waals surface area contributed by atoms with E-state index in [4.69, 9.17) is 0 Å². The molecule has 0 saturated heterocycles. The zero-order chi connectivity index (χ0) is 19.7. The number of H-pyrrole nitrogens is 1. The van der Waals surface area contributed by atoms with E-state index in [0.717, 1.165) is 5.56 Å². The molecular formula is C21H18FN3O2S. The van der Waals surface area contributed by atoms with Crippen molar-refractivity contribution in [2.45, 2.75) is 30.2 Å². The van der Waals surface area contributed by atoms with Gasteiger partial charge in [0, 0.05) is 18.1 Å². The van der Waals surface area contributed by atoms with E-state index < -0.39 is 5.92 Å². The van der Waals surface area contributed by atoms with Crippen molar-refractivity contribution in [1.82, 2.24) is 9.97 Å². The molecule has 1 atom stereocenters. The lowest BCUT2D eigenvalue weighted by molar-refractivity contribution is -0.116. The summed E-state index contributed by atoms with van der Waals surface area (Å²) < 4.78 is 13.2. The number of carbonyl (C=O) groups excluding carboxylic acids is 1. The molecule has 0 saturated carbocycles. The second-order valence-corrected chi connectivity index (χ2v) is 7.73. The highest BCUT2D eigenvalue weighted by molar-refractivity contribution is 7.98. The number of aromatic nitrogens is 2. The molecule has 1 unspecified atom stereocenters. The Bertz CT molecular complexity index is 1080. The first kappa shape index (κ1) is 18.4. The van der Waals surface area contributed by atoms with Crippen LogP contribution in [0.15, 0.2) is 58.5 Å². The number of aromatic amines is 1. The summed E-state index contributed by atoms with van der Waals surface area (Å²) in [7, 11) is 0. The van der Waals surface area contributed by atoms with Crippen LogP contribution < -0.4 is 10.9 Å². The molecule has 5 nitrogen and oxygen atoms in total. The number of aryl methyl sites for hydroxylation is 1. The predicted molar refractivity (Wildman–Crippen MR) is 107 cm³/mol. The van der Waals surface area contributed by atoms with E-state index in [0.29, 0.717) is 22.0 Å². The topological polar surface area (TPSA) is 74.8 Å². The zero-order valence-electron chi connectivity index (χ0n) is 15.2. The molecule has 28 heavy (non-hydrogen) atoms. The molecule has 2 N–H and O–H groups in total. The van der Waals surface area contributed by atoms with E-state index in [-0.39, 0.29) is 29.5 Å². The summed E-state index contributed by atoms with van der Waals surface area (Å²) in [6.07, 6.45) is 0.124. The van der Waals surface area contributed by atoms with Crippen molar-refractivity contribution in [3.05, 3.63) is 87.0 Å². The molecule has 7 heteroatoms. The fourth-order valence-electron chi connectivity index (χ4n) is 3.23. The van der Waals surface area contributed by atoms with Gasteiger partial charge in [-0.3, -0.25) is 9.59 Å². The summed E-state index contributed by atoms with van der Waals surface area (Å²) in [5.74, 6) is -0.0943. The number of nitrogens with one attached hydrogen (secondary N) is 2. The van der Waals surface area contributed by atoms with Gasteiger partial charge in [0.25, 0.3) is 5.56 Å². The molecule has 1 amide bonds.